The van der Waals surface area contributed by atoms with E-state index in [2.05, 4.69) is 0 Å². The van der Waals surface area contributed by atoms with Crippen molar-refractivity contribution >= 4 is 33.5 Å². The van der Waals surface area contributed by atoms with E-state index in [4.69, 9.17) is 16.7 Å². The van der Waals surface area contributed by atoms with Crippen LogP contribution in [0, 0.1) is 5.41 Å². The number of hydrogen-bond acceptors (Lipinski definition) is 3. The van der Waals surface area contributed by atoms with Crippen molar-refractivity contribution in [1.82, 2.24) is 0 Å². The lowest BCUT2D eigenvalue weighted by atomic mass is 9.89. The van der Waals surface area contributed by atoms with Gasteiger partial charge >= 0.3 is 5.97 Å². The molecule has 102 valence electrons. The Morgan fingerprint density at radius 2 is 2.00 bits per heavy atom. The summed E-state index contributed by atoms with van der Waals surface area (Å²) < 4.78 is 24.6. The molecule has 19 heavy (non-hydrogen) atoms. The standard InChI is InChI=1S/C13H13ClO4S/c1-13(2,12(15)16)7-8-6-9-10(14)4-3-5-11(9)19(8,17)18/h3-6H,7H2,1-2H3,(H,15,16). The average Bonchev–Trinajstić information content (AvgIpc) is 2.53. The summed E-state index contributed by atoms with van der Waals surface area (Å²) in [7, 11) is -3.62. The van der Waals surface area contributed by atoms with Crippen molar-refractivity contribution in [1.29, 1.82) is 0 Å². The van der Waals surface area contributed by atoms with Crippen LogP contribution in [0.4, 0.5) is 0 Å². The maximum atomic E-state index is 12.3. The molecule has 1 aliphatic heterocycles. The van der Waals surface area contributed by atoms with Gasteiger partial charge in [-0.2, -0.15) is 0 Å². The lowest BCUT2D eigenvalue weighted by Gasteiger charge is -2.19. The average molecular weight is 301 g/mol. The van der Waals surface area contributed by atoms with Gasteiger partial charge in [0.1, 0.15) is 0 Å². The van der Waals surface area contributed by atoms with Gasteiger partial charge in [-0.05, 0) is 38.5 Å². The minimum Gasteiger partial charge on any atom is -0.481 e. The second-order valence-corrected chi connectivity index (χ2v) is 7.51. The van der Waals surface area contributed by atoms with E-state index in [1.54, 1.807) is 12.1 Å². The number of aliphatic carboxylic acids is 1. The maximum absolute atomic E-state index is 12.3. The zero-order valence-electron chi connectivity index (χ0n) is 10.5. The van der Waals surface area contributed by atoms with Crippen LogP contribution in [-0.4, -0.2) is 19.5 Å². The largest absolute Gasteiger partial charge is 0.481 e. The van der Waals surface area contributed by atoms with Gasteiger partial charge < -0.3 is 5.11 Å². The molecule has 0 spiro atoms. The Morgan fingerprint density at radius 3 is 2.53 bits per heavy atom. The Labute approximate surface area is 116 Å². The van der Waals surface area contributed by atoms with Crippen LogP contribution >= 0.6 is 11.6 Å². The molecule has 1 aromatic rings. The highest BCUT2D eigenvalue weighted by Gasteiger charge is 2.37. The smallest absolute Gasteiger partial charge is 0.309 e. The first-order valence-corrected chi connectivity index (χ1v) is 7.50. The molecule has 4 nitrogen and oxygen atoms in total. The van der Waals surface area contributed by atoms with Crippen LogP contribution < -0.4 is 0 Å². The van der Waals surface area contributed by atoms with Gasteiger partial charge in [0.2, 0.25) is 9.84 Å². The molecule has 6 heteroatoms. The predicted octanol–water partition coefficient (Wildman–Crippen LogP) is 2.97. The van der Waals surface area contributed by atoms with Crippen molar-refractivity contribution in [2.45, 2.75) is 25.2 Å². The van der Waals surface area contributed by atoms with Crippen molar-refractivity contribution in [2.24, 2.45) is 5.41 Å². The van der Waals surface area contributed by atoms with Gasteiger partial charge in [-0.3, -0.25) is 4.79 Å². The van der Waals surface area contributed by atoms with E-state index in [1.807, 2.05) is 0 Å². The lowest BCUT2D eigenvalue weighted by molar-refractivity contribution is -0.146. The minimum atomic E-state index is -3.62. The Balaban J connectivity index is 2.50. The van der Waals surface area contributed by atoms with Crippen molar-refractivity contribution in [3.05, 3.63) is 33.7 Å². The second-order valence-electron chi connectivity index (χ2n) is 5.13. The number of hydrogen-bond donors (Lipinski definition) is 1. The van der Waals surface area contributed by atoms with Crippen LogP contribution in [0.15, 0.2) is 28.0 Å². The topological polar surface area (TPSA) is 71.4 Å². The highest BCUT2D eigenvalue weighted by Crippen LogP contribution is 2.41. The van der Waals surface area contributed by atoms with E-state index in [9.17, 15) is 13.2 Å². The molecule has 0 aromatic heterocycles. The van der Waals surface area contributed by atoms with E-state index in [1.165, 1.54) is 26.0 Å². The zero-order valence-corrected chi connectivity index (χ0v) is 12.0. The summed E-state index contributed by atoms with van der Waals surface area (Å²) in [6.07, 6.45) is 1.41. The number of rotatable bonds is 3. The fraction of sp³-hybridized carbons (Fsp3) is 0.308. The quantitative estimate of drug-likeness (QED) is 0.931. The summed E-state index contributed by atoms with van der Waals surface area (Å²) >= 11 is 5.97. The Morgan fingerprint density at radius 1 is 1.37 bits per heavy atom. The summed E-state index contributed by atoms with van der Waals surface area (Å²) in [4.78, 5) is 11.4. The summed E-state index contributed by atoms with van der Waals surface area (Å²) in [5, 5.41) is 9.45. The first-order chi connectivity index (χ1) is 8.66. The molecular weight excluding hydrogens is 288 g/mol. The Hall–Kier alpha value is -1.33. The monoisotopic (exact) mass is 300 g/mol. The van der Waals surface area contributed by atoms with Crippen molar-refractivity contribution in [3.63, 3.8) is 0 Å². The number of halogens is 1. The Kier molecular flexibility index (Phi) is 3.23. The molecule has 1 N–H and O–H groups in total. The van der Waals surface area contributed by atoms with Gasteiger partial charge in [-0.15, -0.1) is 0 Å². The van der Waals surface area contributed by atoms with Crippen LogP contribution in [-0.2, 0) is 14.6 Å². The van der Waals surface area contributed by atoms with Crippen LogP contribution in [0.2, 0.25) is 5.02 Å². The van der Waals surface area contributed by atoms with E-state index in [0.717, 1.165) is 0 Å². The summed E-state index contributed by atoms with van der Waals surface area (Å²) in [6.45, 7) is 2.99. The number of allylic oxidation sites excluding steroid dienone is 1. The first kappa shape index (κ1) is 14.1. The Bertz CT molecular complexity index is 687. The van der Waals surface area contributed by atoms with Gasteiger partial charge in [0.05, 0.1) is 15.2 Å². The molecular formula is C13H13ClO4S. The van der Waals surface area contributed by atoms with Crippen molar-refractivity contribution in [2.75, 3.05) is 0 Å². The fourth-order valence-electron chi connectivity index (χ4n) is 1.93. The number of fused-ring (bicyclic) bond motifs is 1. The molecule has 0 aliphatic carbocycles. The highest BCUT2D eigenvalue weighted by molar-refractivity contribution is 7.95. The van der Waals surface area contributed by atoms with Crippen LogP contribution in [0.1, 0.15) is 25.8 Å². The fourth-order valence-corrected chi connectivity index (χ4v) is 4.04. The second kappa shape index (κ2) is 4.35. The SMILES string of the molecule is CC(C)(CC1=Cc2c(Cl)cccc2S1(=O)=O)C(=O)O. The van der Waals surface area contributed by atoms with E-state index in [0.29, 0.717) is 10.6 Å². The summed E-state index contributed by atoms with van der Waals surface area (Å²) in [5.41, 5.74) is -0.701. The van der Waals surface area contributed by atoms with Crippen molar-refractivity contribution < 1.29 is 18.3 Å². The van der Waals surface area contributed by atoms with E-state index >= 15 is 0 Å². The van der Waals surface area contributed by atoms with Crippen LogP contribution in [0.5, 0.6) is 0 Å². The van der Waals surface area contributed by atoms with Crippen LogP contribution in [0.3, 0.4) is 0 Å². The molecule has 1 heterocycles. The molecule has 1 aromatic carbocycles. The third kappa shape index (κ3) is 2.28. The molecule has 0 atom stereocenters. The molecule has 0 saturated carbocycles. The zero-order chi connectivity index (χ0) is 14.4. The molecule has 0 amide bonds. The van der Waals surface area contributed by atoms with E-state index < -0.39 is 21.2 Å². The first-order valence-electron chi connectivity index (χ1n) is 5.64. The van der Waals surface area contributed by atoms with Gasteiger partial charge in [-0.1, -0.05) is 17.7 Å². The number of carboxylic acids is 1. The molecule has 1 aliphatic rings. The number of sulfone groups is 1. The minimum absolute atomic E-state index is 0.0598. The third-order valence-electron chi connectivity index (χ3n) is 3.15. The number of carboxylic acid groups (broad SMARTS) is 1. The van der Waals surface area contributed by atoms with Gasteiger partial charge in [0.25, 0.3) is 0 Å². The van der Waals surface area contributed by atoms with E-state index in [-0.39, 0.29) is 16.2 Å². The molecule has 0 bridgehead atoms. The number of carbonyl (C=O) groups is 1. The molecule has 0 unspecified atom stereocenters. The molecule has 2 rings (SSSR count). The molecule has 0 radical (unpaired) electrons. The summed E-state index contributed by atoms with van der Waals surface area (Å²) in [5.74, 6) is -1.04. The predicted molar refractivity (Wildman–Crippen MR) is 72.6 cm³/mol. The van der Waals surface area contributed by atoms with Gasteiger partial charge in [0, 0.05) is 10.6 Å². The molecule has 0 saturated heterocycles. The normalized spacial score (nSPS) is 16.9. The summed E-state index contributed by atoms with van der Waals surface area (Å²) in [6, 6.07) is 4.66. The van der Waals surface area contributed by atoms with Gasteiger partial charge in [-0.25, -0.2) is 8.42 Å². The highest BCUT2D eigenvalue weighted by atomic mass is 35.5. The van der Waals surface area contributed by atoms with Crippen LogP contribution in [0.25, 0.3) is 6.08 Å². The lowest BCUT2D eigenvalue weighted by Crippen LogP contribution is -2.25. The molecule has 0 fully saturated rings. The maximum Gasteiger partial charge on any atom is 0.309 e. The number of benzene rings is 1. The van der Waals surface area contributed by atoms with Gasteiger partial charge in [0.15, 0.2) is 0 Å². The van der Waals surface area contributed by atoms with Crippen molar-refractivity contribution in [3.8, 4) is 0 Å². The third-order valence-corrected chi connectivity index (χ3v) is 5.37.